The van der Waals surface area contributed by atoms with Crippen LogP contribution in [-0.4, -0.2) is 31.6 Å². The number of nitrogens with two attached hydrogens (primary N) is 2. The number of pyridine rings is 2. The number of aromatic nitrogens is 4. The quantitative estimate of drug-likeness (QED) is 0.439. The number of hydrogen-bond donors (Lipinski definition) is 3. The summed E-state index contributed by atoms with van der Waals surface area (Å²) < 4.78 is 7.39. The van der Waals surface area contributed by atoms with E-state index < -0.39 is 0 Å². The third kappa shape index (κ3) is 4.40. The van der Waals surface area contributed by atoms with Gasteiger partial charge in [0.05, 0.1) is 11.7 Å². The second-order valence-electron chi connectivity index (χ2n) is 7.30. The highest BCUT2D eigenvalue weighted by atomic mass is 16.5. The summed E-state index contributed by atoms with van der Waals surface area (Å²) in [7, 11) is 0. The maximum Gasteiger partial charge on any atom is 0.255 e. The molecule has 31 heavy (non-hydrogen) atoms. The molecule has 0 atom stereocenters. The van der Waals surface area contributed by atoms with E-state index in [0.717, 1.165) is 22.4 Å². The number of nitrogens with zero attached hydrogens (tertiary/aromatic N) is 4. The monoisotopic (exact) mass is 417 g/mol. The summed E-state index contributed by atoms with van der Waals surface area (Å²) in [5.74, 6) is 0.757. The van der Waals surface area contributed by atoms with Crippen LogP contribution < -0.4 is 21.5 Å². The average molecular weight is 417 g/mol. The number of fused-ring (bicyclic) bond motifs is 1. The van der Waals surface area contributed by atoms with Crippen molar-refractivity contribution in [2.45, 2.75) is 26.5 Å². The molecule has 9 heteroatoms. The van der Waals surface area contributed by atoms with Gasteiger partial charge in [-0.3, -0.25) is 4.79 Å². The van der Waals surface area contributed by atoms with Crippen molar-refractivity contribution >= 4 is 23.3 Å². The van der Waals surface area contributed by atoms with E-state index in [4.69, 9.17) is 16.2 Å². The Balaban J connectivity index is 1.56. The molecule has 0 bridgehead atoms. The molecule has 1 amide bonds. The zero-order chi connectivity index (χ0) is 22.0. The zero-order valence-electron chi connectivity index (χ0n) is 17.2. The summed E-state index contributed by atoms with van der Waals surface area (Å²) >= 11 is 0. The van der Waals surface area contributed by atoms with Crippen LogP contribution in [0.25, 0.3) is 16.8 Å². The Morgan fingerprint density at radius 3 is 2.77 bits per heavy atom. The van der Waals surface area contributed by atoms with Gasteiger partial charge in [-0.05, 0) is 43.7 Å². The van der Waals surface area contributed by atoms with Gasteiger partial charge in [0, 0.05) is 30.1 Å². The van der Waals surface area contributed by atoms with Crippen molar-refractivity contribution in [3.05, 3.63) is 66.0 Å². The molecule has 1 aromatic carbocycles. The fourth-order valence-electron chi connectivity index (χ4n) is 3.18. The number of amides is 1. The maximum atomic E-state index is 12.9. The van der Waals surface area contributed by atoms with E-state index >= 15 is 0 Å². The molecule has 0 fully saturated rings. The molecule has 4 rings (SSSR count). The molecule has 0 saturated carbocycles. The summed E-state index contributed by atoms with van der Waals surface area (Å²) in [6.07, 6.45) is 3.39. The molecule has 9 nitrogen and oxygen atoms in total. The fraction of sp³-hybridized carbons (Fsp3) is 0.182. The summed E-state index contributed by atoms with van der Waals surface area (Å²) in [5.41, 5.74) is 14.9. The van der Waals surface area contributed by atoms with E-state index in [-0.39, 0.29) is 23.8 Å². The van der Waals surface area contributed by atoms with Crippen molar-refractivity contribution in [3.8, 4) is 16.9 Å². The maximum absolute atomic E-state index is 12.9. The van der Waals surface area contributed by atoms with Crippen LogP contribution in [-0.2, 0) is 6.54 Å². The lowest BCUT2D eigenvalue weighted by Crippen LogP contribution is -2.24. The average Bonchev–Trinajstić information content (AvgIpc) is 3.12. The number of nitrogen functional groups attached to an aromatic ring is 2. The van der Waals surface area contributed by atoms with Crippen LogP contribution in [0, 0.1) is 0 Å². The highest BCUT2D eigenvalue weighted by Gasteiger charge is 2.14. The van der Waals surface area contributed by atoms with Gasteiger partial charge in [-0.25, -0.2) is 9.50 Å². The highest BCUT2D eigenvalue weighted by molar-refractivity contribution is 5.99. The van der Waals surface area contributed by atoms with Crippen LogP contribution in [0.4, 0.5) is 11.8 Å². The topological polar surface area (TPSA) is 133 Å². The minimum absolute atomic E-state index is 0.0337. The van der Waals surface area contributed by atoms with Gasteiger partial charge >= 0.3 is 0 Å². The molecule has 0 aliphatic heterocycles. The van der Waals surface area contributed by atoms with Crippen molar-refractivity contribution in [3.63, 3.8) is 0 Å². The molecule has 158 valence electrons. The van der Waals surface area contributed by atoms with Gasteiger partial charge in [0.2, 0.25) is 5.95 Å². The van der Waals surface area contributed by atoms with E-state index in [1.54, 1.807) is 23.0 Å². The number of hydrogen-bond acceptors (Lipinski definition) is 7. The van der Waals surface area contributed by atoms with E-state index in [9.17, 15) is 4.79 Å². The van der Waals surface area contributed by atoms with Crippen LogP contribution in [0.1, 0.15) is 29.8 Å². The number of nitrogens with one attached hydrogen (secondary N) is 1. The first-order chi connectivity index (χ1) is 14.9. The first-order valence-electron chi connectivity index (χ1n) is 9.81. The van der Waals surface area contributed by atoms with Crippen molar-refractivity contribution in [1.29, 1.82) is 0 Å². The highest BCUT2D eigenvalue weighted by Crippen LogP contribution is 2.24. The number of ether oxygens (including phenoxy) is 1. The smallest absolute Gasteiger partial charge is 0.255 e. The number of para-hydroxylation sites is 1. The Morgan fingerprint density at radius 1 is 1.16 bits per heavy atom. The predicted molar refractivity (Wildman–Crippen MR) is 118 cm³/mol. The van der Waals surface area contributed by atoms with Crippen LogP contribution in [0.3, 0.4) is 0 Å². The first-order valence-corrected chi connectivity index (χ1v) is 9.81. The Kier molecular flexibility index (Phi) is 5.40. The van der Waals surface area contributed by atoms with Crippen LogP contribution in [0.15, 0.2) is 54.9 Å². The summed E-state index contributed by atoms with van der Waals surface area (Å²) in [5, 5.41) is 6.96. The third-order valence-corrected chi connectivity index (χ3v) is 4.63. The van der Waals surface area contributed by atoms with Gasteiger partial charge in [0.15, 0.2) is 5.65 Å². The van der Waals surface area contributed by atoms with Gasteiger partial charge in [-0.2, -0.15) is 4.98 Å². The van der Waals surface area contributed by atoms with E-state index in [0.29, 0.717) is 17.8 Å². The summed E-state index contributed by atoms with van der Waals surface area (Å²) in [6, 6.07) is 13.0. The molecular weight excluding hydrogens is 394 g/mol. The van der Waals surface area contributed by atoms with Gasteiger partial charge in [-0.1, -0.05) is 18.2 Å². The van der Waals surface area contributed by atoms with Crippen molar-refractivity contribution in [2.24, 2.45) is 0 Å². The van der Waals surface area contributed by atoms with Crippen molar-refractivity contribution in [2.75, 3.05) is 11.5 Å². The molecule has 0 unspecified atom stereocenters. The molecule has 0 aliphatic rings. The Morgan fingerprint density at radius 2 is 1.97 bits per heavy atom. The lowest BCUT2D eigenvalue weighted by Gasteiger charge is -2.15. The van der Waals surface area contributed by atoms with Gasteiger partial charge in [0.25, 0.3) is 5.91 Å². The van der Waals surface area contributed by atoms with E-state index in [1.165, 1.54) is 0 Å². The number of carbonyl (C=O) groups excluding carboxylic acids is 1. The van der Waals surface area contributed by atoms with Crippen LogP contribution in [0.2, 0.25) is 0 Å². The Hall–Kier alpha value is -4.14. The van der Waals surface area contributed by atoms with Crippen molar-refractivity contribution in [1.82, 2.24) is 24.9 Å². The molecule has 0 saturated heterocycles. The van der Waals surface area contributed by atoms with E-state index in [1.807, 2.05) is 50.2 Å². The standard InChI is InChI=1S/C22H23N7O2/c1-13(2)31-18-6-4-3-5-15(18)11-26-21(30)17-9-16(12-25-20(17)23)14-7-8-29-19(10-14)27-22(24)28-29/h3-10,12-13H,11H2,1-2H3,(H2,23,25)(H2,24,28)(H,26,30). The molecule has 0 spiro atoms. The molecule has 5 N–H and O–H groups in total. The first kappa shape index (κ1) is 20.1. The Labute approximate surface area is 179 Å². The van der Waals surface area contributed by atoms with Gasteiger partial charge in [0.1, 0.15) is 11.6 Å². The lowest BCUT2D eigenvalue weighted by atomic mass is 10.1. The minimum Gasteiger partial charge on any atom is -0.491 e. The minimum atomic E-state index is -0.320. The zero-order valence-corrected chi connectivity index (χ0v) is 17.2. The molecule has 0 aliphatic carbocycles. The number of benzene rings is 1. The number of carbonyl (C=O) groups is 1. The lowest BCUT2D eigenvalue weighted by molar-refractivity contribution is 0.0951. The largest absolute Gasteiger partial charge is 0.491 e. The number of anilines is 2. The summed E-state index contributed by atoms with van der Waals surface area (Å²) in [4.78, 5) is 21.2. The van der Waals surface area contributed by atoms with E-state index in [2.05, 4.69) is 20.4 Å². The molecule has 4 aromatic rings. The molecule has 0 radical (unpaired) electrons. The Bertz CT molecular complexity index is 1250. The normalized spacial score (nSPS) is 11.1. The van der Waals surface area contributed by atoms with Crippen molar-refractivity contribution < 1.29 is 9.53 Å². The third-order valence-electron chi connectivity index (χ3n) is 4.63. The fourth-order valence-corrected chi connectivity index (χ4v) is 3.18. The molecule has 3 heterocycles. The van der Waals surface area contributed by atoms with Gasteiger partial charge in [-0.15, -0.1) is 5.10 Å². The second kappa shape index (κ2) is 8.31. The SMILES string of the molecule is CC(C)Oc1ccccc1CNC(=O)c1cc(-c2ccn3nc(N)nc3c2)cnc1N. The molecular formula is C22H23N7O2. The summed E-state index contributed by atoms with van der Waals surface area (Å²) in [6.45, 7) is 4.22. The van der Waals surface area contributed by atoms with Gasteiger partial charge < -0.3 is 21.5 Å². The second-order valence-corrected chi connectivity index (χ2v) is 7.30. The van der Waals surface area contributed by atoms with Crippen LogP contribution in [0.5, 0.6) is 5.75 Å². The molecule has 3 aromatic heterocycles. The van der Waals surface area contributed by atoms with Crippen LogP contribution >= 0.6 is 0 Å². The predicted octanol–water partition coefficient (Wildman–Crippen LogP) is 2.67. The number of rotatable bonds is 6.